The van der Waals surface area contributed by atoms with Gasteiger partial charge in [0.2, 0.25) is 5.91 Å². The lowest BCUT2D eigenvalue weighted by Gasteiger charge is -2.32. The molecule has 7 nitrogen and oxygen atoms in total. The molecule has 0 spiro atoms. The average Bonchev–Trinajstić information content (AvgIpc) is 3.52. The normalized spacial score (nSPS) is 17.9. The monoisotopic (exact) mass is 494 g/mol. The molecule has 2 aromatic carbocycles. The predicted octanol–water partition coefficient (Wildman–Crippen LogP) is 1.59. The number of furan rings is 1. The molecule has 0 aliphatic carbocycles. The largest absolute Gasteiger partial charge is 0.486 e. The summed E-state index contributed by atoms with van der Waals surface area (Å²) in [6.07, 6.45) is 1.32. The van der Waals surface area contributed by atoms with Crippen molar-refractivity contribution in [2.75, 3.05) is 32.8 Å². The fraction of sp³-hybridized carbons (Fsp3) is 0.400. The molecule has 0 saturated carbocycles. The smallest absolute Gasteiger partial charge is 0.218 e. The van der Waals surface area contributed by atoms with Crippen LogP contribution in [0.2, 0.25) is 5.02 Å². The third-order valence-electron chi connectivity index (χ3n) is 6.92. The average molecular weight is 495 g/mol. The molecule has 2 N–H and O–H groups in total. The van der Waals surface area contributed by atoms with Gasteiger partial charge in [-0.1, -0.05) is 17.7 Å². The topological polar surface area (TPSA) is 84.2 Å². The summed E-state index contributed by atoms with van der Waals surface area (Å²) in [5.41, 5.74) is 1.35. The Balaban J connectivity index is 1.39. The number of aliphatic hydroxyl groups is 1. The number of nitrogens with one attached hydrogen (secondary N) is 1. The number of aliphatic hydroxyl groups excluding tert-OH is 1. The second-order valence-corrected chi connectivity index (χ2v) is 10.3. The van der Waals surface area contributed by atoms with E-state index in [-0.39, 0.29) is 5.91 Å². The van der Waals surface area contributed by atoms with Crippen molar-refractivity contribution in [3.63, 3.8) is 0 Å². The van der Waals surface area contributed by atoms with E-state index in [9.17, 15) is 9.90 Å². The van der Waals surface area contributed by atoms with Gasteiger partial charge in [0, 0.05) is 22.2 Å². The molecule has 5 rings (SSSR count). The molecule has 0 radical (unpaired) electrons. The molecule has 2 atom stereocenters. The van der Waals surface area contributed by atoms with Crippen LogP contribution >= 0.6 is 11.6 Å². The van der Waals surface area contributed by atoms with Gasteiger partial charge in [0.15, 0.2) is 11.5 Å². The van der Waals surface area contributed by atoms with Gasteiger partial charge in [0.05, 0.1) is 6.04 Å². The van der Waals surface area contributed by atoms with E-state index in [1.54, 1.807) is 18.2 Å². The van der Waals surface area contributed by atoms with Crippen molar-refractivity contribution < 1.29 is 23.8 Å². The van der Waals surface area contributed by atoms with Gasteiger partial charge in [-0.2, -0.15) is 0 Å². The maximum Gasteiger partial charge on any atom is 0.218 e. The van der Waals surface area contributed by atoms with Gasteiger partial charge < -0.3 is 29.2 Å². The minimum atomic E-state index is -0.957. The van der Waals surface area contributed by atoms with E-state index in [0.29, 0.717) is 53.2 Å². The second-order valence-electron chi connectivity index (χ2n) is 9.85. The highest BCUT2D eigenvalue weighted by Gasteiger charge is 2.37. The Labute approximate surface area is 211 Å². The summed E-state index contributed by atoms with van der Waals surface area (Å²) in [7, 11) is 3.65. The van der Waals surface area contributed by atoms with E-state index in [0.717, 1.165) is 31.3 Å². The lowest BCUT2D eigenvalue weighted by Crippen LogP contribution is -2.53. The summed E-state index contributed by atoms with van der Waals surface area (Å²) in [5, 5.41) is 15.0. The Morgan fingerprint density at radius 3 is 2.60 bits per heavy atom. The van der Waals surface area contributed by atoms with Crippen LogP contribution < -0.4 is 14.8 Å². The first kappa shape index (κ1) is 24.1. The highest BCUT2D eigenvalue weighted by atomic mass is 35.5. The summed E-state index contributed by atoms with van der Waals surface area (Å²) in [6.45, 7) is 3.43. The molecular weight excluding hydrogens is 465 g/mol. The zero-order valence-electron chi connectivity index (χ0n) is 20.1. The van der Waals surface area contributed by atoms with E-state index in [4.69, 9.17) is 25.5 Å². The number of benzene rings is 2. The minimum absolute atomic E-state index is 0.219. The molecular formula is C25H29B2ClN2O5. The number of amides is 1. The quantitative estimate of drug-likeness (QED) is 0.486. The third-order valence-corrected chi connectivity index (χ3v) is 7.16. The lowest BCUT2D eigenvalue weighted by molar-refractivity contribution is -0.124. The number of likely N-dealkylation sites (tertiary alicyclic amines) is 1. The summed E-state index contributed by atoms with van der Waals surface area (Å²) in [6, 6.07) is 12.2. The maximum atomic E-state index is 13.6. The van der Waals surface area contributed by atoms with Crippen LogP contribution in [0.25, 0.3) is 11.0 Å². The number of hydrogen-bond acceptors (Lipinski definition) is 6. The highest BCUT2D eigenvalue weighted by molar-refractivity contribution is 6.50. The van der Waals surface area contributed by atoms with Gasteiger partial charge in [-0.15, -0.1) is 0 Å². The third kappa shape index (κ3) is 5.03. The van der Waals surface area contributed by atoms with Crippen LogP contribution in [0.1, 0.15) is 30.3 Å². The number of nitrogens with zero attached hydrogens (tertiary/aromatic N) is 1. The zero-order chi connectivity index (χ0) is 24.6. The first-order valence-corrected chi connectivity index (χ1v) is 12.5. The van der Waals surface area contributed by atoms with Crippen LogP contribution in [0.15, 0.2) is 46.9 Å². The van der Waals surface area contributed by atoms with Gasteiger partial charge in [-0.3, -0.25) is 4.79 Å². The van der Waals surface area contributed by atoms with Crippen molar-refractivity contribution in [1.82, 2.24) is 10.2 Å². The van der Waals surface area contributed by atoms with E-state index >= 15 is 0 Å². The summed E-state index contributed by atoms with van der Waals surface area (Å²) < 4.78 is 17.3. The van der Waals surface area contributed by atoms with Crippen LogP contribution in [-0.2, 0) is 10.0 Å². The first-order chi connectivity index (χ1) is 16.8. The maximum absolute atomic E-state index is 13.6. The van der Waals surface area contributed by atoms with Crippen LogP contribution in [-0.4, -0.2) is 70.5 Å². The first-order valence-electron chi connectivity index (χ1n) is 12.1. The number of hydrogen-bond donors (Lipinski definition) is 2. The van der Waals surface area contributed by atoms with Crippen molar-refractivity contribution in [2.45, 2.75) is 30.2 Å². The van der Waals surface area contributed by atoms with Crippen LogP contribution in [0, 0.1) is 0 Å². The molecule has 0 unspecified atom stereocenters. The van der Waals surface area contributed by atoms with Crippen molar-refractivity contribution in [1.29, 1.82) is 0 Å². The van der Waals surface area contributed by atoms with E-state index < -0.39 is 17.4 Å². The van der Waals surface area contributed by atoms with Gasteiger partial charge in [-0.05, 0) is 67.9 Å². The fourth-order valence-electron chi connectivity index (χ4n) is 4.73. The van der Waals surface area contributed by atoms with Gasteiger partial charge in [0.1, 0.15) is 46.4 Å². The Hall–Kier alpha value is -2.61. The number of carbonyl (C=O) groups is 1. The Kier molecular flexibility index (Phi) is 6.75. The molecule has 10 heteroatoms. The minimum Gasteiger partial charge on any atom is -0.486 e. The van der Waals surface area contributed by atoms with Crippen LogP contribution in [0.5, 0.6) is 11.5 Å². The molecule has 1 saturated heterocycles. The van der Waals surface area contributed by atoms with E-state index in [1.165, 1.54) is 0 Å². The molecule has 1 fully saturated rings. The highest BCUT2D eigenvalue weighted by Crippen LogP contribution is 2.34. The molecule has 182 valence electrons. The lowest BCUT2D eigenvalue weighted by atomic mass is 9.52. The van der Waals surface area contributed by atoms with Gasteiger partial charge in [0.25, 0.3) is 0 Å². The Bertz CT molecular complexity index is 1230. The number of rotatable bonds is 7. The molecule has 1 amide bonds. The molecule has 3 heterocycles. The SMILES string of the molecule is BC(B)(C(=O)N[C@H](CN1CCCC1)[C@H](O)c1ccc2c(c1)OCCO2)c1cc2cc(Cl)ccc2o1. The zero-order valence-corrected chi connectivity index (χ0v) is 20.8. The second kappa shape index (κ2) is 9.80. The molecule has 1 aromatic heterocycles. The van der Waals surface area contributed by atoms with Gasteiger partial charge in [-0.25, -0.2) is 0 Å². The summed E-state index contributed by atoms with van der Waals surface area (Å²) in [5.74, 6) is 1.60. The van der Waals surface area contributed by atoms with Crippen molar-refractivity contribution in [3.8, 4) is 11.5 Å². The molecule has 0 bridgehead atoms. The van der Waals surface area contributed by atoms with Crippen LogP contribution in [0.3, 0.4) is 0 Å². The number of halogens is 1. The summed E-state index contributed by atoms with van der Waals surface area (Å²) >= 11 is 6.12. The molecule has 3 aromatic rings. The standard InChI is InChI=1S/C25H29B2ClN2O5/c26-25(27,22-13-16-11-17(28)4-6-19(16)35-22)24(32)29-18(14-30-7-1-2-8-30)23(31)15-3-5-20-21(12-15)34-10-9-33-20/h3-6,11-13,18,23,31H,1-2,7-10,14,26-27H2,(H,29,32)/t18-,23-/m1/s1. The van der Waals surface area contributed by atoms with Crippen molar-refractivity contribution >= 4 is 44.2 Å². The number of ether oxygens (including phenoxy) is 2. The number of carbonyl (C=O) groups excluding carboxylic acids is 1. The summed E-state index contributed by atoms with van der Waals surface area (Å²) in [4.78, 5) is 15.9. The van der Waals surface area contributed by atoms with E-state index in [2.05, 4.69) is 10.2 Å². The molecule has 35 heavy (non-hydrogen) atoms. The van der Waals surface area contributed by atoms with Crippen LogP contribution in [0.4, 0.5) is 0 Å². The predicted molar refractivity (Wildman–Crippen MR) is 140 cm³/mol. The molecule has 2 aliphatic heterocycles. The number of fused-ring (bicyclic) bond motifs is 2. The Morgan fingerprint density at radius 2 is 1.83 bits per heavy atom. The fourth-order valence-corrected chi connectivity index (χ4v) is 4.91. The van der Waals surface area contributed by atoms with Crippen molar-refractivity contribution in [3.05, 3.63) is 58.8 Å². The molecule has 2 aliphatic rings. The Morgan fingerprint density at radius 1 is 1.09 bits per heavy atom. The van der Waals surface area contributed by atoms with Crippen molar-refractivity contribution in [2.24, 2.45) is 0 Å². The van der Waals surface area contributed by atoms with E-state index in [1.807, 2.05) is 40.0 Å². The van der Waals surface area contributed by atoms with Gasteiger partial charge >= 0.3 is 0 Å².